The Balaban J connectivity index is 1.74. The van der Waals surface area contributed by atoms with E-state index in [-0.39, 0.29) is 5.75 Å². The van der Waals surface area contributed by atoms with E-state index in [1.165, 1.54) is 12.1 Å². The van der Waals surface area contributed by atoms with Crippen LogP contribution in [0.1, 0.15) is 31.2 Å². The zero-order chi connectivity index (χ0) is 20.4. The van der Waals surface area contributed by atoms with Crippen molar-refractivity contribution in [1.82, 2.24) is 0 Å². The molecule has 2 heterocycles. The molecule has 2 aromatic rings. The Kier molecular flexibility index (Phi) is 5.41. The minimum atomic E-state index is -2.87. The number of ether oxygens (including phenoxy) is 2. The molecule has 4 rings (SSSR count). The van der Waals surface area contributed by atoms with E-state index >= 15 is 0 Å². The Bertz CT molecular complexity index is 884. The summed E-state index contributed by atoms with van der Waals surface area (Å²) < 4.78 is 37.0. The number of alkyl halides is 2. The molecule has 0 unspecified atom stereocenters. The number of anilines is 1. The first-order chi connectivity index (χ1) is 14.0. The van der Waals surface area contributed by atoms with Crippen molar-refractivity contribution in [1.29, 1.82) is 0 Å². The number of hydrogen-bond donors (Lipinski definition) is 1. The van der Waals surface area contributed by atoms with E-state index in [0.29, 0.717) is 6.54 Å². The maximum atomic E-state index is 12.5. The van der Waals surface area contributed by atoms with E-state index in [0.717, 1.165) is 55.1 Å². The van der Waals surface area contributed by atoms with Crippen molar-refractivity contribution in [2.24, 2.45) is 0 Å². The summed E-state index contributed by atoms with van der Waals surface area (Å²) in [5.74, 6) is 1.87. The van der Waals surface area contributed by atoms with E-state index in [9.17, 15) is 13.9 Å². The van der Waals surface area contributed by atoms with E-state index in [1.807, 2.05) is 29.2 Å². The summed E-state index contributed by atoms with van der Waals surface area (Å²) in [6.07, 6.45) is 4.13. The second-order valence-corrected chi connectivity index (χ2v) is 7.40. The number of hydrogen-bond acceptors (Lipinski definition) is 4. The van der Waals surface area contributed by atoms with Crippen LogP contribution in [0.2, 0.25) is 0 Å². The van der Waals surface area contributed by atoms with E-state index in [4.69, 9.17) is 4.74 Å². The van der Waals surface area contributed by atoms with Gasteiger partial charge in [0.1, 0.15) is 17.2 Å². The van der Waals surface area contributed by atoms with Gasteiger partial charge in [0.2, 0.25) is 0 Å². The lowest BCUT2D eigenvalue weighted by Crippen LogP contribution is -2.47. The topological polar surface area (TPSA) is 44.9 Å². The van der Waals surface area contributed by atoms with Gasteiger partial charge in [0.15, 0.2) is 6.54 Å². The number of rotatable bonds is 5. The molecule has 0 saturated heterocycles. The molecule has 5 nitrogen and oxygen atoms in total. The third kappa shape index (κ3) is 3.79. The second kappa shape index (κ2) is 7.99. The summed E-state index contributed by atoms with van der Waals surface area (Å²) in [7, 11) is 1.61. The highest BCUT2D eigenvalue weighted by Gasteiger charge is 2.54. The molecule has 0 bridgehead atoms. The lowest BCUT2D eigenvalue weighted by molar-refractivity contribution is -0.534. The molecule has 2 aromatic carbocycles. The molecule has 0 fully saturated rings. The van der Waals surface area contributed by atoms with E-state index in [2.05, 4.69) is 9.31 Å². The third-order valence-electron chi connectivity index (χ3n) is 5.61. The van der Waals surface area contributed by atoms with Gasteiger partial charge in [-0.15, -0.1) is 0 Å². The summed E-state index contributed by atoms with van der Waals surface area (Å²) in [5.41, 5.74) is 0.237. The van der Waals surface area contributed by atoms with Gasteiger partial charge >= 0.3 is 6.61 Å². The average Bonchev–Trinajstić information content (AvgIpc) is 2.85. The highest BCUT2D eigenvalue weighted by Crippen LogP contribution is 2.38. The van der Waals surface area contributed by atoms with Gasteiger partial charge in [-0.3, -0.25) is 4.58 Å². The van der Waals surface area contributed by atoms with Gasteiger partial charge in [-0.2, -0.15) is 13.7 Å². The number of aliphatic hydroxyl groups is 1. The standard InChI is InChI=1S/C22H25F2N2O3/c1-28-18-10-6-16(7-11-18)22(27)15-25-14-4-2-3-5-20(25)26(22)17-8-12-19(13-9-17)29-21(23)24/h6-13,21,27H,2-5,14-15H2,1H3/q+1/t22-/m1/s1. The molecule has 0 radical (unpaired) electrons. The Hall–Kier alpha value is -2.67. The normalized spacial score (nSPS) is 21.9. The zero-order valence-corrected chi connectivity index (χ0v) is 16.4. The lowest BCUT2D eigenvalue weighted by Gasteiger charge is -2.29. The quantitative estimate of drug-likeness (QED) is 0.768. The maximum absolute atomic E-state index is 12.5. The van der Waals surface area contributed by atoms with Crippen molar-refractivity contribution in [3.8, 4) is 11.5 Å². The number of nitrogens with zero attached hydrogens (tertiary/aromatic N) is 2. The summed E-state index contributed by atoms with van der Waals surface area (Å²) in [4.78, 5) is 1.94. The van der Waals surface area contributed by atoms with Crippen molar-refractivity contribution in [3.05, 3.63) is 54.1 Å². The van der Waals surface area contributed by atoms with Gasteiger partial charge in [-0.25, -0.2) is 0 Å². The highest BCUT2D eigenvalue weighted by atomic mass is 19.3. The zero-order valence-electron chi connectivity index (χ0n) is 16.4. The minimum absolute atomic E-state index is 0.0960. The van der Waals surface area contributed by atoms with Crippen LogP contribution >= 0.6 is 0 Å². The molecule has 29 heavy (non-hydrogen) atoms. The molecule has 1 N–H and O–H groups in total. The van der Waals surface area contributed by atoms with Crippen molar-refractivity contribution >= 4 is 11.5 Å². The van der Waals surface area contributed by atoms with Crippen LogP contribution in [0.3, 0.4) is 0 Å². The average molecular weight is 403 g/mol. The van der Waals surface area contributed by atoms with Gasteiger partial charge in [0.05, 0.1) is 13.7 Å². The van der Waals surface area contributed by atoms with Gasteiger partial charge < -0.3 is 14.6 Å². The van der Waals surface area contributed by atoms with Crippen LogP contribution in [0, 0.1) is 0 Å². The maximum Gasteiger partial charge on any atom is 0.387 e. The van der Waals surface area contributed by atoms with E-state index in [1.54, 1.807) is 19.2 Å². The SMILES string of the molecule is COc1ccc([C@]2(O)C[N+]3=C(CCCCC3)N2c2ccc(OC(F)F)cc2)cc1. The molecular formula is C22H25F2N2O3+. The third-order valence-corrected chi connectivity index (χ3v) is 5.61. The molecule has 0 spiro atoms. The van der Waals surface area contributed by atoms with Gasteiger partial charge in [-0.1, -0.05) is 0 Å². The monoisotopic (exact) mass is 403 g/mol. The first kappa shape index (κ1) is 19.6. The Morgan fingerprint density at radius 2 is 1.69 bits per heavy atom. The number of methoxy groups -OCH3 is 1. The molecule has 2 aliphatic rings. The van der Waals surface area contributed by atoms with Crippen LogP contribution in [0.15, 0.2) is 48.5 Å². The summed E-state index contributed by atoms with van der Waals surface area (Å²) >= 11 is 0. The van der Waals surface area contributed by atoms with Gasteiger partial charge in [0, 0.05) is 12.0 Å². The van der Waals surface area contributed by atoms with Crippen LogP contribution < -0.4 is 14.4 Å². The molecule has 0 saturated carbocycles. The molecule has 0 amide bonds. The molecular weight excluding hydrogens is 378 g/mol. The fourth-order valence-corrected chi connectivity index (χ4v) is 4.24. The Morgan fingerprint density at radius 3 is 2.34 bits per heavy atom. The summed E-state index contributed by atoms with van der Waals surface area (Å²) in [6, 6.07) is 13.9. The summed E-state index contributed by atoms with van der Waals surface area (Å²) in [5, 5.41) is 11.8. The van der Waals surface area contributed by atoms with Crippen molar-refractivity contribution in [3.63, 3.8) is 0 Å². The van der Waals surface area contributed by atoms with Crippen LogP contribution in [-0.2, 0) is 5.72 Å². The predicted octanol–water partition coefficient (Wildman–Crippen LogP) is 3.95. The largest absolute Gasteiger partial charge is 0.497 e. The fraction of sp³-hybridized carbons (Fsp3) is 0.409. The van der Waals surface area contributed by atoms with Crippen molar-refractivity contribution in [2.75, 3.05) is 25.1 Å². The smallest absolute Gasteiger partial charge is 0.387 e. The Labute approximate surface area is 168 Å². The van der Waals surface area contributed by atoms with Crippen molar-refractivity contribution in [2.45, 2.75) is 38.0 Å². The first-order valence-electron chi connectivity index (χ1n) is 9.84. The van der Waals surface area contributed by atoms with Crippen molar-refractivity contribution < 1.29 is 27.9 Å². The molecule has 0 aromatic heterocycles. The Morgan fingerprint density at radius 1 is 1.00 bits per heavy atom. The first-order valence-corrected chi connectivity index (χ1v) is 9.84. The van der Waals surface area contributed by atoms with Crippen LogP contribution in [0.25, 0.3) is 0 Å². The predicted molar refractivity (Wildman–Crippen MR) is 106 cm³/mol. The molecule has 7 heteroatoms. The second-order valence-electron chi connectivity index (χ2n) is 7.40. The fourth-order valence-electron chi connectivity index (χ4n) is 4.24. The molecule has 0 aliphatic carbocycles. The van der Waals surface area contributed by atoms with Crippen LogP contribution in [-0.4, -0.2) is 42.3 Å². The van der Waals surface area contributed by atoms with E-state index < -0.39 is 12.3 Å². The van der Waals surface area contributed by atoms with Crippen LogP contribution in [0.5, 0.6) is 11.5 Å². The lowest BCUT2D eigenvalue weighted by atomic mass is 9.99. The van der Waals surface area contributed by atoms with Gasteiger partial charge in [-0.05, 0) is 67.8 Å². The summed E-state index contributed by atoms with van der Waals surface area (Å²) in [6.45, 7) is -1.53. The van der Waals surface area contributed by atoms with Gasteiger partial charge in [0.25, 0.3) is 11.6 Å². The molecule has 2 aliphatic heterocycles. The minimum Gasteiger partial charge on any atom is -0.497 e. The number of amidine groups is 1. The highest BCUT2D eigenvalue weighted by molar-refractivity contribution is 5.97. The number of benzene rings is 2. The number of halogens is 2. The van der Waals surface area contributed by atoms with Crippen LogP contribution in [0.4, 0.5) is 14.5 Å². The molecule has 154 valence electrons. The molecule has 1 atom stereocenters.